The third-order valence-corrected chi connectivity index (χ3v) is 3.14. The van der Waals surface area contributed by atoms with Gasteiger partial charge in [-0.15, -0.1) is 0 Å². The van der Waals surface area contributed by atoms with E-state index in [-0.39, 0.29) is 12.3 Å². The molecule has 0 aliphatic carbocycles. The van der Waals surface area contributed by atoms with E-state index in [0.29, 0.717) is 17.7 Å². The predicted molar refractivity (Wildman–Crippen MR) is 62.6 cm³/mol. The van der Waals surface area contributed by atoms with Gasteiger partial charge in [-0.05, 0) is 24.1 Å². The second kappa shape index (κ2) is 5.27. The molecule has 4 heteroatoms. The lowest BCUT2D eigenvalue weighted by Gasteiger charge is -2.15. The summed E-state index contributed by atoms with van der Waals surface area (Å²) in [6, 6.07) is 6.84. The molecule has 1 saturated heterocycles. The highest BCUT2D eigenvalue weighted by Crippen LogP contribution is 2.30. The average molecular weight is 237 g/mol. The van der Waals surface area contributed by atoms with Crippen LogP contribution >= 0.6 is 0 Å². The quantitative estimate of drug-likeness (QED) is 0.841. The Balaban J connectivity index is 2.11. The number of hydrogen-bond donors (Lipinski definition) is 2. The molecule has 2 unspecified atom stereocenters. The van der Waals surface area contributed by atoms with E-state index in [0.717, 1.165) is 13.0 Å². The summed E-state index contributed by atoms with van der Waals surface area (Å²) in [7, 11) is 0. The van der Waals surface area contributed by atoms with Crippen molar-refractivity contribution in [3.05, 3.63) is 35.4 Å². The molecule has 1 aromatic rings. The molecule has 0 bridgehead atoms. The fourth-order valence-electron chi connectivity index (χ4n) is 2.25. The molecule has 1 heterocycles. The molecule has 92 valence electrons. The maximum Gasteiger partial charge on any atom is 0.307 e. The van der Waals surface area contributed by atoms with E-state index in [1.165, 1.54) is 0 Å². The zero-order valence-electron chi connectivity index (χ0n) is 9.53. The Morgan fingerprint density at radius 1 is 1.59 bits per heavy atom. The first-order valence-electron chi connectivity index (χ1n) is 5.82. The van der Waals surface area contributed by atoms with Crippen LogP contribution < -0.4 is 5.32 Å². The standard InChI is InChI=1S/C13H16FNO2/c14-13(11-4-5-15-8-11)10-3-1-2-9(6-10)7-12(16)17/h1-3,6,11,13,15H,4-5,7-8H2,(H,16,17). The van der Waals surface area contributed by atoms with Crippen molar-refractivity contribution in [2.45, 2.75) is 19.0 Å². The largest absolute Gasteiger partial charge is 0.481 e. The molecular weight excluding hydrogens is 221 g/mol. The zero-order valence-corrected chi connectivity index (χ0v) is 9.53. The Morgan fingerprint density at radius 2 is 2.41 bits per heavy atom. The number of carboxylic acids is 1. The van der Waals surface area contributed by atoms with Crippen LogP contribution in [0.1, 0.15) is 23.7 Å². The summed E-state index contributed by atoms with van der Waals surface area (Å²) in [4.78, 5) is 10.6. The van der Waals surface area contributed by atoms with Crippen LogP contribution in [0, 0.1) is 5.92 Å². The number of hydrogen-bond acceptors (Lipinski definition) is 2. The topological polar surface area (TPSA) is 49.3 Å². The maximum absolute atomic E-state index is 14.2. The Kier molecular flexibility index (Phi) is 3.74. The Morgan fingerprint density at radius 3 is 3.06 bits per heavy atom. The predicted octanol–water partition coefficient (Wildman–Crippen LogP) is 1.93. The third kappa shape index (κ3) is 3.03. The minimum absolute atomic E-state index is 0.00933. The molecule has 0 aromatic heterocycles. The molecule has 2 atom stereocenters. The van der Waals surface area contributed by atoms with Crippen molar-refractivity contribution in [3.63, 3.8) is 0 Å². The molecule has 3 nitrogen and oxygen atoms in total. The second-order valence-electron chi connectivity index (χ2n) is 4.47. The molecule has 1 aromatic carbocycles. The molecule has 1 aliphatic rings. The molecule has 0 saturated carbocycles. The van der Waals surface area contributed by atoms with Gasteiger partial charge in [-0.1, -0.05) is 24.3 Å². The number of halogens is 1. The van der Waals surface area contributed by atoms with Crippen LogP contribution in [-0.4, -0.2) is 24.2 Å². The molecule has 1 aliphatic heterocycles. The van der Waals surface area contributed by atoms with Gasteiger partial charge in [0.1, 0.15) is 6.17 Å². The molecule has 2 rings (SSSR count). The molecule has 1 fully saturated rings. The van der Waals surface area contributed by atoms with Gasteiger partial charge in [0.05, 0.1) is 6.42 Å². The van der Waals surface area contributed by atoms with Gasteiger partial charge in [0.2, 0.25) is 0 Å². The van der Waals surface area contributed by atoms with E-state index in [4.69, 9.17) is 5.11 Å². The smallest absolute Gasteiger partial charge is 0.307 e. The summed E-state index contributed by atoms with van der Waals surface area (Å²) >= 11 is 0. The van der Waals surface area contributed by atoms with Crippen molar-refractivity contribution in [3.8, 4) is 0 Å². The maximum atomic E-state index is 14.2. The third-order valence-electron chi connectivity index (χ3n) is 3.14. The first-order chi connectivity index (χ1) is 8.16. The molecule has 0 amide bonds. The summed E-state index contributed by atoms with van der Waals surface area (Å²) in [5.41, 5.74) is 1.25. The number of aliphatic carboxylic acids is 1. The van der Waals surface area contributed by atoms with Crippen molar-refractivity contribution >= 4 is 5.97 Å². The number of carbonyl (C=O) groups is 1. The minimum Gasteiger partial charge on any atom is -0.481 e. The van der Waals surface area contributed by atoms with E-state index in [9.17, 15) is 9.18 Å². The van der Waals surface area contributed by atoms with Crippen LogP contribution in [0.3, 0.4) is 0 Å². The lowest BCUT2D eigenvalue weighted by molar-refractivity contribution is -0.136. The first-order valence-corrected chi connectivity index (χ1v) is 5.82. The Bertz CT molecular complexity index is 402. The van der Waals surface area contributed by atoms with Crippen LogP contribution in [0.2, 0.25) is 0 Å². The van der Waals surface area contributed by atoms with Crippen molar-refractivity contribution in [1.82, 2.24) is 5.32 Å². The van der Waals surface area contributed by atoms with Crippen LogP contribution in [0.15, 0.2) is 24.3 Å². The number of nitrogens with one attached hydrogen (secondary N) is 1. The van der Waals surface area contributed by atoms with Crippen LogP contribution in [0.4, 0.5) is 4.39 Å². The average Bonchev–Trinajstić information content (AvgIpc) is 2.81. The monoisotopic (exact) mass is 237 g/mol. The summed E-state index contributed by atoms with van der Waals surface area (Å²) in [5, 5.41) is 11.8. The van der Waals surface area contributed by atoms with Gasteiger partial charge in [0.25, 0.3) is 0 Å². The summed E-state index contributed by atoms with van der Waals surface area (Å²) in [6.07, 6.45) is -0.216. The zero-order chi connectivity index (χ0) is 12.3. The Labute approximate surface area is 99.7 Å². The summed E-state index contributed by atoms with van der Waals surface area (Å²) in [5.74, 6) is -0.879. The van der Waals surface area contributed by atoms with E-state index in [2.05, 4.69) is 5.32 Å². The number of carboxylic acid groups (broad SMARTS) is 1. The van der Waals surface area contributed by atoms with Crippen molar-refractivity contribution < 1.29 is 14.3 Å². The van der Waals surface area contributed by atoms with Gasteiger partial charge in [0.15, 0.2) is 0 Å². The van der Waals surface area contributed by atoms with Crippen molar-refractivity contribution in [2.75, 3.05) is 13.1 Å². The Hall–Kier alpha value is -1.42. The van der Waals surface area contributed by atoms with Crippen LogP contribution in [0.5, 0.6) is 0 Å². The molecular formula is C13H16FNO2. The fourth-order valence-corrected chi connectivity index (χ4v) is 2.25. The highest BCUT2D eigenvalue weighted by molar-refractivity contribution is 5.70. The van der Waals surface area contributed by atoms with E-state index in [1.54, 1.807) is 24.3 Å². The normalized spacial score (nSPS) is 21.4. The van der Waals surface area contributed by atoms with E-state index in [1.807, 2.05) is 0 Å². The van der Waals surface area contributed by atoms with Gasteiger partial charge < -0.3 is 10.4 Å². The number of rotatable bonds is 4. The molecule has 2 N–H and O–H groups in total. The lowest BCUT2D eigenvalue weighted by atomic mass is 9.95. The highest BCUT2D eigenvalue weighted by Gasteiger charge is 2.25. The summed E-state index contributed by atoms with van der Waals surface area (Å²) in [6.45, 7) is 1.56. The van der Waals surface area contributed by atoms with Gasteiger partial charge in [0, 0.05) is 12.5 Å². The molecule has 0 radical (unpaired) electrons. The van der Waals surface area contributed by atoms with Gasteiger partial charge in [-0.3, -0.25) is 4.79 Å². The fraction of sp³-hybridized carbons (Fsp3) is 0.462. The van der Waals surface area contributed by atoms with E-state index < -0.39 is 12.1 Å². The van der Waals surface area contributed by atoms with Crippen molar-refractivity contribution in [2.24, 2.45) is 5.92 Å². The minimum atomic E-state index is -1.00. The van der Waals surface area contributed by atoms with Gasteiger partial charge in [-0.25, -0.2) is 4.39 Å². The van der Waals surface area contributed by atoms with Gasteiger partial charge in [-0.2, -0.15) is 0 Å². The van der Waals surface area contributed by atoms with Gasteiger partial charge >= 0.3 is 5.97 Å². The first kappa shape index (κ1) is 12.0. The number of alkyl halides is 1. The molecule has 17 heavy (non-hydrogen) atoms. The highest BCUT2D eigenvalue weighted by atomic mass is 19.1. The molecule has 0 spiro atoms. The lowest BCUT2D eigenvalue weighted by Crippen LogP contribution is -2.13. The van der Waals surface area contributed by atoms with Crippen molar-refractivity contribution in [1.29, 1.82) is 0 Å². The van der Waals surface area contributed by atoms with E-state index >= 15 is 0 Å². The van der Waals surface area contributed by atoms with Crippen LogP contribution in [-0.2, 0) is 11.2 Å². The number of benzene rings is 1. The van der Waals surface area contributed by atoms with Crippen LogP contribution in [0.25, 0.3) is 0 Å². The SMILES string of the molecule is O=C(O)Cc1cccc(C(F)C2CCNC2)c1. The summed E-state index contributed by atoms with van der Waals surface area (Å²) < 4.78 is 14.2. The second-order valence-corrected chi connectivity index (χ2v) is 4.47.